The standard InChI is InChI=1S/C16H23N5O/c1-2-3-6-19-7-9-21(10-8-19)16-17-5-4-15(18-16)20-11-13-22-14-12-20/h4-5H,6-14H2,1H3. The van der Waals surface area contributed by atoms with Gasteiger partial charge in [0.05, 0.1) is 19.8 Å². The van der Waals surface area contributed by atoms with Crippen molar-refractivity contribution in [1.29, 1.82) is 0 Å². The molecule has 3 heterocycles. The number of hydrogen-bond donors (Lipinski definition) is 0. The molecule has 1 aromatic heterocycles. The number of nitrogens with zero attached hydrogens (tertiary/aromatic N) is 5. The van der Waals surface area contributed by atoms with Crippen LogP contribution in [0.3, 0.4) is 0 Å². The highest BCUT2D eigenvalue weighted by Crippen LogP contribution is 2.17. The normalized spacial score (nSPS) is 19.7. The molecule has 0 spiro atoms. The average molecular weight is 301 g/mol. The van der Waals surface area contributed by atoms with Crippen molar-refractivity contribution in [2.24, 2.45) is 0 Å². The Bertz CT molecular complexity index is 539. The lowest BCUT2D eigenvalue weighted by Gasteiger charge is -2.34. The molecule has 0 amide bonds. The van der Waals surface area contributed by atoms with Crippen molar-refractivity contribution in [1.82, 2.24) is 14.9 Å². The summed E-state index contributed by atoms with van der Waals surface area (Å²) in [6, 6.07) is 1.99. The zero-order chi connectivity index (χ0) is 15.2. The molecule has 0 saturated carbocycles. The number of hydrogen-bond acceptors (Lipinski definition) is 6. The maximum Gasteiger partial charge on any atom is 0.227 e. The van der Waals surface area contributed by atoms with E-state index in [1.165, 1.54) is 0 Å². The molecule has 0 unspecified atom stereocenters. The van der Waals surface area contributed by atoms with Crippen molar-refractivity contribution in [3.63, 3.8) is 0 Å². The van der Waals surface area contributed by atoms with Gasteiger partial charge in [0, 0.05) is 45.5 Å². The molecule has 6 heteroatoms. The largest absolute Gasteiger partial charge is 0.378 e. The highest BCUT2D eigenvalue weighted by atomic mass is 16.5. The molecule has 2 aliphatic heterocycles. The van der Waals surface area contributed by atoms with Gasteiger partial charge in [-0.15, -0.1) is 5.92 Å². The zero-order valence-electron chi connectivity index (χ0n) is 13.2. The molecule has 0 N–H and O–H groups in total. The molecular formula is C16H23N5O. The number of anilines is 2. The number of aromatic nitrogens is 2. The molecule has 0 aromatic carbocycles. The fourth-order valence-corrected chi connectivity index (χ4v) is 2.76. The first-order valence-electron chi connectivity index (χ1n) is 7.89. The molecule has 1 aromatic rings. The van der Waals surface area contributed by atoms with Crippen LogP contribution < -0.4 is 9.80 Å². The van der Waals surface area contributed by atoms with Crippen molar-refractivity contribution in [2.75, 3.05) is 68.8 Å². The van der Waals surface area contributed by atoms with Crippen molar-refractivity contribution < 1.29 is 4.74 Å². The summed E-state index contributed by atoms with van der Waals surface area (Å²) in [7, 11) is 0. The van der Waals surface area contributed by atoms with Crippen LogP contribution in [0.25, 0.3) is 0 Å². The van der Waals surface area contributed by atoms with Crippen LogP contribution in [0.15, 0.2) is 12.3 Å². The number of rotatable bonds is 3. The van der Waals surface area contributed by atoms with Crippen LogP contribution in [-0.2, 0) is 4.74 Å². The van der Waals surface area contributed by atoms with Gasteiger partial charge in [-0.25, -0.2) is 4.98 Å². The van der Waals surface area contributed by atoms with Gasteiger partial charge in [-0.1, -0.05) is 5.92 Å². The zero-order valence-corrected chi connectivity index (χ0v) is 13.2. The molecule has 22 heavy (non-hydrogen) atoms. The maximum absolute atomic E-state index is 5.40. The Kier molecular flexibility index (Phi) is 5.09. The number of piperazine rings is 1. The molecule has 0 bridgehead atoms. The Morgan fingerprint density at radius 3 is 2.59 bits per heavy atom. The van der Waals surface area contributed by atoms with Crippen molar-refractivity contribution in [3.05, 3.63) is 12.3 Å². The molecule has 0 aliphatic carbocycles. The first kappa shape index (κ1) is 15.1. The summed E-state index contributed by atoms with van der Waals surface area (Å²) >= 11 is 0. The van der Waals surface area contributed by atoms with Gasteiger partial charge in [0.1, 0.15) is 5.82 Å². The summed E-state index contributed by atoms with van der Waals surface area (Å²) in [5, 5.41) is 0. The van der Waals surface area contributed by atoms with E-state index in [0.717, 1.165) is 70.8 Å². The second-order valence-electron chi connectivity index (χ2n) is 5.50. The van der Waals surface area contributed by atoms with Crippen LogP contribution in [0.2, 0.25) is 0 Å². The van der Waals surface area contributed by atoms with E-state index in [4.69, 9.17) is 9.72 Å². The van der Waals surface area contributed by atoms with Gasteiger partial charge in [-0.2, -0.15) is 4.98 Å². The van der Waals surface area contributed by atoms with E-state index < -0.39 is 0 Å². The van der Waals surface area contributed by atoms with Crippen LogP contribution >= 0.6 is 0 Å². The monoisotopic (exact) mass is 301 g/mol. The Labute approximate surface area is 132 Å². The first-order chi connectivity index (χ1) is 10.9. The Balaban J connectivity index is 1.61. The molecule has 0 atom stereocenters. The van der Waals surface area contributed by atoms with Gasteiger partial charge in [0.2, 0.25) is 5.95 Å². The summed E-state index contributed by atoms with van der Waals surface area (Å²) in [5.41, 5.74) is 0. The third kappa shape index (κ3) is 3.67. The van der Waals surface area contributed by atoms with E-state index >= 15 is 0 Å². The van der Waals surface area contributed by atoms with Crippen LogP contribution in [0.1, 0.15) is 6.92 Å². The lowest BCUT2D eigenvalue weighted by atomic mass is 10.3. The lowest BCUT2D eigenvalue weighted by Crippen LogP contribution is -2.47. The molecule has 2 saturated heterocycles. The minimum Gasteiger partial charge on any atom is -0.378 e. The quantitative estimate of drug-likeness (QED) is 0.756. The van der Waals surface area contributed by atoms with E-state index in [1.807, 2.05) is 19.2 Å². The average Bonchev–Trinajstić information content (AvgIpc) is 2.61. The number of morpholine rings is 1. The van der Waals surface area contributed by atoms with Gasteiger partial charge in [0.15, 0.2) is 0 Å². The van der Waals surface area contributed by atoms with Gasteiger partial charge >= 0.3 is 0 Å². The summed E-state index contributed by atoms with van der Waals surface area (Å²) in [6.45, 7) is 10.0. The SMILES string of the molecule is CC#CCN1CCN(c2nccc(N3CCOCC3)n2)CC1. The third-order valence-electron chi connectivity index (χ3n) is 4.10. The Hall–Kier alpha value is -1.84. The molecule has 2 aliphatic rings. The van der Waals surface area contributed by atoms with E-state index in [1.54, 1.807) is 0 Å². The summed E-state index contributed by atoms with van der Waals surface area (Å²) in [6.07, 6.45) is 1.86. The Morgan fingerprint density at radius 1 is 1.09 bits per heavy atom. The van der Waals surface area contributed by atoms with Crippen LogP contribution in [-0.4, -0.2) is 73.9 Å². The highest BCUT2D eigenvalue weighted by Gasteiger charge is 2.20. The molecule has 3 rings (SSSR count). The van der Waals surface area contributed by atoms with E-state index in [9.17, 15) is 0 Å². The van der Waals surface area contributed by atoms with Crippen LogP contribution in [0.4, 0.5) is 11.8 Å². The highest BCUT2D eigenvalue weighted by molar-refractivity contribution is 5.44. The van der Waals surface area contributed by atoms with Crippen LogP contribution in [0, 0.1) is 11.8 Å². The van der Waals surface area contributed by atoms with E-state index in [-0.39, 0.29) is 0 Å². The maximum atomic E-state index is 5.40. The smallest absolute Gasteiger partial charge is 0.227 e. The van der Waals surface area contributed by atoms with Crippen molar-refractivity contribution in [3.8, 4) is 11.8 Å². The lowest BCUT2D eigenvalue weighted by molar-refractivity contribution is 0.122. The molecule has 118 valence electrons. The molecule has 6 nitrogen and oxygen atoms in total. The third-order valence-corrected chi connectivity index (χ3v) is 4.10. The van der Waals surface area contributed by atoms with Crippen molar-refractivity contribution >= 4 is 11.8 Å². The second-order valence-corrected chi connectivity index (χ2v) is 5.50. The first-order valence-corrected chi connectivity index (χ1v) is 7.89. The summed E-state index contributed by atoms with van der Waals surface area (Å²) in [4.78, 5) is 16.1. The second kappa shape index (κ2) is 7.43. The summed E-state index contributed by atoms with van der Waals surface area (Å²) in [5.74, 6) is 7.93. The van der Waals surface area contributed by atoms with Gasteiger partial charge < -0.3 is 14.5 Å². The fourth-order valence-electron chi connectivity index (χ4n) is 2.76. The molecular weight excluding hydrogens is 278 g/mol. The molecule has 0 radical (unpaired) electrons. The number of ether oxygens (including phenoxy) is 1. The van der Waals surface area contributed by atoms with Gasteiger partial charge in [-0.3, -0.25) is 4.90 Å². The van der Waals surface area contributed by atoms with Gasteiger partial charge in [0.25, 0.3) is 0 Å². The van der Waals surface area contributed by atoms with E-state index in [0.29, 0.717) is 0 Å². The molecule has 2 fully saturated rings. The van der Waals surface area contributed by atoms with Crippen molar-refractivity contribution in [2.45, 2.75) is 6.92 Å². The van der Waals surface area contributed by atoms with E-state index in [2.05, 4.69) is 31.5 Å². The predicted octanol–water partition coefficient (Wildman–Crippen LogP) is 0.458. The predicted molar refractivity (Wildman–Crippen MR) is 87.2 cm³/mol. The fraction of sp³-hybridized carbons (Fsp3) is 0.625. The van der Waals surface area contributed by atoms with Crippen LogP contribution in [0.5, 0.6) is 0 Å². The Morgan fingerprint density at radius 2 is 1.86 bits per heavy atom. The topological polar surface area (TPSA) is 44.7 Å². The minimum absolute atomic E-state index is 0.774. The summed E-state index contributed by atoms with van der Waals surface area (Å²) < 4.78 is 5.40. The van der Waals surface area contributed by atoms with Gasteiger partial charge in [-0.05, 0) is 13.0 Å². The minimum atomic E-state index is 0.774.